The molecule has 0 atom stereocenters. The zero-order chi connectivity index (χ0) is 14.8. The number of rotatable bonds is 3. The van der Waals surface area contributed by atoms with Gasteiger partial charge in [0.25, 0.3) is 0 Å². The highest BCUT2D eigenvalue weighted by Gasteiger charge is 2.07. The van der Waals surface area contributed by atoms with Crippen LogP contribution < -0.4 is 0 Å². The SMILES string of the molecule is CC(C)c1ccc(-c2nc(-c3cccc(Br)c3)cs2)cc1. The third kappa shape index (κ3) is 3.25. The molecule has 21 heavy (non-hydrogen) atoms. The van der Waals surface area contributed by atoms with Crippen LogP contribution in [0.5, 0.6) is 0 Å². The van der Waals surface area contributed by atoms with Gasteiger partial charge in [0, 0.05) is 21.0 Å². The number of benzene rings is 2. The van der Waals surface area contributed by atoms with E-state index in [1.165, 1.54) is 11.1 Å². The average Bonchev–Trinajstić information content (AvgIpc) is 2.97. The number of thiazole rings is 1. The highest BCUT2D eigenvalue weighted by Crippen LogP contribution is 2.30. The predicted octanol–water partition coefficient (Wildman–Crippen LogP) is 6.36. The van der Waals surface area contributed by atoms with Crippen molar-refractivity contribution >= 4 is 27.3 Å². The summed E-state index contributed by atoms with van der Waals surface area (Å²) in [6, 6.07) is 17.0. The lowest BCUT2D eigenvalue weighted by atomic mass is 10.0. The van der Waals surface area contributed by atoms with Crippen molar-refractivity contribution in [3.05, 3.63) is 63.9 Å². The van der Waals surface area contributed by atoms with Crippen molar-refractivity contribution in [3.8, 4) is 21.8 Å². The van der Waals surface area contributed by atoms with Gasteiger partial charge in [0.15, 0.2) is 0 Å². The first-order valence-electron chi connectivity index (χ1n) is 6.95. The van der Waals surface area contributed by atoms with Crippen molar-refractivity contribution in [2.24, 2.45) is 0 Å². The first-order valence-corrected chi connectivity index (χ1v) is 8.62. The Labute approximate surface area is 137 Å². The fraction of sp³-hybridized carbons (Fsp3) is 0.167. The van der Waals surface area contributed by atoms with Gasteiger partial charge in [0.2, 0.25) is 0 Å². The summed E-state index contributed by atoms with van der Waals surface area (Å²) in [5.74, 6) is 0.563. The van der Waals surface area contributed by atoms with Gasteiger partial charge < -0.3 is 0 Å². The summed E-state index contributed by atoms with van der Waals surface area (Å²) in [7, 11) is 0. The van der Waals surface area contributed by atoms with E-state index in [0.717, 1.165) is 20.7 Å². The summed E-state index contributed by atoms with van der Waals surface area (Å²) in [6.45, 7) is 4.42. The van der Waals surface area contributed by atoms with Crippen LogP contribution in [0.4, 0.5) is 0 Å². The Morgan fingerprint density at radius 1 is 1.00 bits per heavy atom. The Morgan fingerprint density at radius 3 is 2.43 bits per heavy atom. The highest BCUT2D eigenvalue weighted by atomic mass is 79.9. The van der Waals surface area contributed by atoms with E-state index in [9.17, 15) is 0 Å². The summed E-state index contributed by atoms with van der Waals surface area (Å²) in [5.41, 5.74) is 4.73. The zero-order valence-electron chi connectivity index (χ0n) is 12.0. The molecule has 0 aliphatic carbocycles. The van der Waals surface area contributed by atoms with Crippen molar-refractivity contribution in [1.29, 1.82) is 0 Å². The molecule has 0 aliphatic rings. The minimum atomic E-state index is 0.563. The van der Waals surface area contributed by atoms with E-state index in [1.807, 2.05) is 12.1 Å². The summed E-state index contributed by atoms with van der Waals surface area (Å²) in [4.78, 5) is 4.76. The van der Waals surface area contributed by atoms with Crippen LogP contribution >= 0.6 is 27.3 Å². The lowest BCUT2D eigenvalue weighted by molar-refractivity contribution is 0.867. The van der Waals surface area contributed by atoms with Crippen LogP contribution in [-0.4, -0.2) is 4.98 Å². The van der Waals surface area contributed by atoms with Crippen LogP contribution in [0, 0.1) is 0 Å². The van der Waals surface area contributed by atoms with Crippen LogP contribution in [-0.2, 0) is 0 Å². The molecule has 1 nitrogen and oxygen atoms in total. The van der Waals surface area contributed by atoms with E-state index in [-0.39, 0.29) is 0 Å². The molecule has 0 amide bonds. The number of hydrogen-bond donors (Lipinski definition) is 0. The molecule has 0 saturated heterocycles. The Hall–Kier alpha value is -1.45. The minimum Gasteiger partial charge on any atom is -0.236 e. The third-order valence-corrected chi connectivity index (χ3v) is 4.83. The summed E-state index contributed by atoms with van der Waals surface area (Å²) in [6.07, 6.45) is 0. The lowest BCUT2D eigenvalue weighted by Gasteiger charge is -2.05. The molecule has 0 unspecified atom stereocenters. The van der Waals surface area contributed by atoms with Gasteiger partial charge >= 0.3 is 0 Å². The first-order chi connectivity index (χ1) is 10.1. The van der Waals surface area contributed by atoms with Crippen molar-refractivity contribution in [2.75, 3.05) is 0 Å². The quantitative estimate of drug-likeness (QED) is 0.531. The number of halogens is 1. The van der Waals surface area contributed by atoms with E-state index in [4.69, 9.17) is 4.98 Å². The largest absolute Gasteiger partial charge is 0.236 e. The van der Waals surface area contributed by atoms with Crippen molar-refractivity contribution in [1.82, 2.24) is 4.98 Å². The van der Waals surface area contributed by atoms with Crippen LogP contribution in [0.25, 0.3) is 21.8 Å². The van der Waals surface area contributed by atoms with Crippen molar-refractivity contribution in [3.63, 3.8) is 0 Å². The second-order valence-corrected chi connectivity index (χ2v) is 7.10. The van der Waals surface area contributed by atoms with Gasteiger partial charge in [-0.05, 0) is 23.6 Å². The Morgan fingerprint density at radius 2 is 1.76 bits per heavy atom. The molecular weight excluding hydrogens is 342 g/mol. The van der Waals surface area contributed by atoms with Crippen LogP contribution in [0.15, 0.2) is 58.4 Å². The molecule has 1 aromatic heterocycles. The Bertz CT molecular complexity index is 744. The van der Waals surface area contributed by atoms with Gasteiger partial charge in [-0.3, -0.25) is 0 Å². The van der Waals surface area contributed by atoms with Gasteiger partial charge in [-0.15, -0.1) is 11.3 Å². The van der Waals surface area contributed by atoms with Crippen LogP contribution in [0.1, 0.15) is 25.3 Å². The maximum Gasteiger partial charge on any atom is 0.124 e. The van der Waals surface area contributed by atoms with Gasteiger partial charge in [-0.2, -0.15) is 0 Å². The summed E-state index contributed by atoms with van der Waals surface area (Å²) < 4.78 is 1.08. The van der Waals surface area contributed by atoms with Gasteiger partial charge in [0.05, 0.1) is 5.69 Å². The maximum atomic E-state index is 4.76. The molecule has 106 valence electrons. The van der Waals surface area contributed by atoms with E-state index >= 15 is 0 Å². The third-order valence-electron chi connectivity index (χ3n) is 3.45. The molecule has 0 N–H and O–H groups in total. The zero-order valence-corrected chi connectivity index (χ0v) is 14.4. The van der Waals surface area contributed by atoms with E-state index in [2.05, 4.69) is 71.6 Å². The molecule has 0 aliphatic heterocycles. The number of aromatic nitrogens is 1. The molecule has 0 fully saturated rings. The standard InChI is InChI=1S/C18H16BrNS/c1-12(2)13-6-8-14(9-7-13)18-20-17(11-21-18)15-4-3-5-16(19)10-15/h3-12H,1-2H3. The number of nitrogens with zero attached hydrogens (tertiary/aromatic N) is 1. The van der Waals surface area contributed by atoms with E-state index in [0.29, 0.717) is 5.92 Å². The molecule has 0 saturated carbocycles. The highest BCUT2D eigenvalue weighted by molar-refractivity contribution is 9.10. The minimum absolute atomic E-state index is 0.563. The second-order valence-electron chi connectivity index (χ2n) is 5.32. The smallest absolute Gasteiger partial charge is 0.124 e. The summed E-state index contributed by atoms with van der Waals surface area (Å²) >= 11 is 5.20. The van der Waals surface area contributed by atoms with Crippen LogP contribution in [0.2, 0.25) is 0 Å². The molecule has 3 heteroatoms. The number of hydrogen-bond acceptors (Lipinski definition) is 2. The average molecular weight is 358 g/mol. The molecule has 0 spiro atoms. The van der Waals surface area contributed by atoms with Crippen LogP contribution in [0.3, 0.4) is 0 Å². The van der Waals surface area contributed by atoms with E-state index in [1.54, 1.807) is 11.3 Å². The van der Waals surface area contributed by atoms with E-state index < -0.39 is 0 Å². The first kappa shape index (κ1) is 14.5. The molecule has 2 aromatic carbocycles. The summed E-state index contributed by atoms with van der Waals surface area (Å²) in [5, 5.41) is 3.19. The van der Waals surface area contributed by atoms with Gasteiger partial charge in [-0.25, -0.2) is 4.98 Å². The molecule has 1 heterocycles. The Kier molecular flexibility index (Phi) is 4.22. The normalized spacial score (nSPS) is 11.0. The molecular formula is C18H16BrNS. The topological polar surface area (TPSA) is 12.9 Å². The van der Waals surface area contributed by atoms with Gasteiger partial charge in [0.1, 0.15) is 5.01 Å². The molecule has 0 bridgehead atoms. The van der Waals surface area contributed by atoms with Gasteiger partial charge in [-0.1, -0.05) is 66.2 Å². The molecule has 0 radical (unpaired) electrons. The predicted molar refractivity (Wildman–Crippen MR) is 94.8 cm³/mol. The van der Waals surface area contributed by atoms with Crippen molar-refractivity contribution < 1.29 is 0 Å². The monoisotopic (exact) mass is 357 g/mol. The second kappa shape index (κ2) is 6.12. The fourth-order valence-electron chi connectivity index (χ4n) is 2.20. The Balaban J connectivity index is 1.91. The molecule has 3 aromatic rings. The lowest BCUT2D eigenvalue weighted by Crippen LogP contribution is -1.86. The van der Waals surface area contributed by atoms with Crippen molar-refractivity contribution in [2.45, 2.75) is 19.8 Å². The fourth-order valence-corrected chi connectivity index (χ4v) is 3.43. The maximum absolute atomic E-state index is 4.76. The molecule has 3 rings (SSSR count).